The van der Waals surface area contributed by atoms with Crippen LogP contribution in [0.15, 0.2) is 0 Å². The van der Waals surface area contributed by atoms with E-state index in [9.17, 15) is 9.59 Å². The molecular weight excluding hydrogens is 288 g/mol. The Kier molecular flexibility index (Phi) is 6.56. The van der Waals surface area contributed by atoms with Gasteiger partial charge in [0.1, 0.15) is 0 Å². The summed E-state index contributed by atoms with van der Waals surface area (Å²) in [6, 6.07) is 0. The molecule has 0 aromatic heterocycles. The highest BCUT2D eigenvalue weighted by Crippen LogP contribution is 2.14. The molecule has 22 heavy (non-hydrogen) atoms. The van der Waals surface area contributed by atoms with Crippen molar-refractivity contribution in [2.45, 2.75) is 38.1 Å². The first-order valence-electron chi connectivity index (χ1n) is 7.89. The summed E-state index contributed by atoms with van der Waals surface area (Å²) in [6.45, 7) is 4.31. The molecule has 0 spiro atoms. The van der Waals surface area contributed by atoms with Crippen LogP contribution in [0.3, 0.4) is 0 Å². The molecule has 2 rings (SSSR count). The predicted molar refractivity (Wildman–Crippen MR) is 79.5 cm³/mol. The van der Waals surface area contributed by atoms with Crippen LogP contribution in [-0.2, 0) is 19.1 Å². The maximum absolute atomic E-state index is 11.3. The van der Waals surface area contributed by atoms with Crippen LogP contribution in [0, 0.1) is 0 Å². The Balaban J connectivity index is 1.71. The second-order valence-corrected chi connectivity index (χ2v) is 5.74. The maximum Gasteiger partial charge on any atom is 0.261 e. The number of hydrogen-bond acceptors (Lipinski definition) is 6. The highest BCUT2D eigenvalue weighted by molar-refractivity contribution is 5.78. The Bertz CT molecular complexity index is 357. The minimum Gasteiger partial charge on any atom is -0.366 e. The fourth-order valence-electron chi connectivity index (χ4n) is 2.98. The summed E-state index contributed by atoms with van der Waals surface area (Å²) in [5.74, 6) is -0.865. The summed E-state index contributed by atoms with van der Waals surface area (Å²) in [7, 11) is 0. The van der Waals surface area contributed by atoms with Gasteiger partial charge >= 0.3 is 0 Å². The molecule has 0 aromatic carbocycles. The fraction of sp³-hybridized carbons (Fsp3) is 0.857. The maximum atomic E-state index is 11.3. The Morgan fingerprint density at radius 2 is 1.27 bits per heavy atom. The standard InChI is InChI=1S/C14H26N4O4/c15-11(19)13-17(7-3-9-21-13)5-1-2-6-18-8-4-10-22-14(18)12(16)20/h13-14H,1-10H2,(H2,15,19)(H2,16,20). The summed E-state index contributed by atoms with van der Waals surface area (Å²) in [5, 5.41) is 0. The van der Waals surface area contributed by atoms with E-state index in [1.165, 1.54) is 0 Å². The molecule has 2 fully saturated rings. The molecule has 4 N–H and O–H groups in total. The molecule has 2 aliphatic heterocycles. The quantitative estimate of drug-likeness (QED) is 0.573. The van der Waals surface area contributed by atoms with Crippen molar-refractivity contribution in [3.8, 4) is 0 Å². The van der Waals surface area contributed by atoms with Gasteiger partial charge < -0.3 is 20.9 Å². The van der Waals surface area contributed by atoms with Gasteiger partial charge in [0.2, 0.25) is 0 Å². The third-order valence-electron chi connectivity index (χ3n) is 4.02. The van der Waals surface area contributed by atoms with Crippen LogP contribution in [0.5, 0.6) is 0 Å². The zero-order valence-corrected chi connectivity index (χ0v) is 12.9. The Labute approximate surface area is 130 Å². The van der Waals surface area contributed by atoms with Crippen LogP contribution in [0.1, 0.15) is 25.7 Å². The lowest BCUT2D eigenvalue weighted by Gasteiger charge is -2.35. The minimum absolute atomic E-state index is 0.432. The van der Waals surface area contributed by atoms with Crippen molar-refractivity contribution in [1.82, 2.24) is 9.80 Å². The molecule has 8 nitrogen and oxygen atoms in total. The van der Waals surface area contributed by atoms with Crippen LogP contribution in [0.4, 0.5) is 0 Å². The molecule has 2 atom stereocenters. The van der Waals surface area contributed by atoms with Gasteiger partial charge in [0.05, 0.1) is 13.2 Å². The van der Waals surface area contributed by atoms with Crippen LogP contribution in [0.2, 0.25) is 0 Å². The molecule has 0 aromatic rings. The SMILES string of the molecule is NC(=O)C1OCCCN1CCCCN1CCCOC1C(N)=O. The number of amides is 2. The molecule has 2 saturated heterocycles. The number of unbranched alkanes of at least 4 members (excludes halogenated alkanes) is 1. The number of hydrogen-bond donors (Lipinski definition) is 2. The average Bonchev–Trinajstić information content (AvgIpc) is 2.52. The largest absolute Gasteiger partial charge is 0.366 e. The van der Waals surface area contributed by atoms with Gasteiger partial charge in [-0.25, -0.2) is 0 Å². The summed E-state index contributed by atoms with van der Waals surface area (Å²) >= 11 is 0. The molecule has 0 bridgehead atoms. The van der Waals surface area contributed by atoms with E-state index in [1.54, 1.807) is 0 Å². The first-order chi connectivity index (χ1) is 10.6. The summed E-state index contributed by atoms with van der Waals surface area (Å²) in [6.07, 6.45) is 2.40. The molecule has 0 saturated carbocycles. The van der Waals surface area contributed by atoms with Gasteiger partial charge in [-0.2, -0.15) is 0 Å². The van der Waals surface area contributed by atoms with E-state index in [0.29, 0.717) is 13.2 Å². The van der Waals surface area contributed by atoms with Gasteiger partial charge in [0, 0.05) is 26.2 Å². The van der Waals surface area contributed by atoms with Crippen LogP contribution >= 0.6 is 0 Å². The van der Waals surface area contributed by atoms with Crippen molar-refractivity contribution in [3.05, 3.63) is 0 Å². The van der Waals surface area contributed by atoms with Crippen LogP contribution in [-0.4, -0.2) is 73.5 Å². The first-order valence-corrected chi connectivity index (χ1v) is 7.89. The van der Waals surface area contributed by atoms with Crippen molar-refractivity contribution in [1.29, 1.82) is 0 Å². The smallest absolute Gasteiger partial charge is 0.261 e. The third kappa shape index (κ3) is 4.64. The van der Waals surface area contributed by atoms with Gasteiger partial charge in [-0.1, -0.05) is 0 Å². The van der Waals surface area contributed by atoms with Crippen molar-refractivity contribution in [3.63, 3.8) is 0 Å². The van der Waals surface area contributed by atoms with Crippen molar-refractivity contribution < 1.29 is 19.1 Å². The Hall–Kier alpha value is -1.22. The number of primary amides is 2. The van der Waals surface area contributed by atoms with Gasteiger partial charge in [-0.15, -0.1) is 0 Å². The highest BCUT2D eigenvalue weighted by atomic mass is 16.5. The summed E-state index contributed by atoms with van der Waals surface area (Å²) < 4.78 is 10.8. The van der Waals surface area contributed by atoms with Gasteiger partial charge in [-0.3, -0.25) is 19.4 Å². The first kappa shape index (κ1) is 17.1. The van der Waals surface area contributed by atoms with E-state index in [1.807, 2.05) is 9.80 Å². The minimum atomic E-state index is -0.606. The number of carbonyl (C=O) groups is 2. The number of rotatable bonds is 7. The predicted octanol–water partition coefficient (Wildman–Crippen LogP) is -1.17. The molecule has 2 amide bonds. The molecular formula is C14H26N4O4. The summed E-state index contributed by atoms with van der Waals surface area (Å²) in [5.41, 5.74) is 10.7. The topological polar surface area (TPSA) is 111 Å². The van der Waals surface area contributed by atoms with E-state index >= 15 is 0 Å². The molecule has 126 valence electrons. The zero-order valence-electron chi connectivity index (χ0n) is 12.9. The van der Waals surface area contributed by atoms with Crippen molar-refractivity contribution in [2.75, 3.05) is 39.4 Å². The number of nitrogens with zero attached hydrogens (tertiary/aromatic N) is 2. The van der Waals surface area contributed by atoms with Gasteiger partial charge in [-0.05, 0) is 25.7 Å². The number of carbonyl (C=O) groups excluding carboxylic acids is 2. The average molecular weight is 314 g/mol. The van der Waals surface area contributed by atoms with E-state index < -0.39 is 24.3 Å². The number of ether oxygens (including phenoxy) is 2. The second kappa shape index (κ2) is 8.42. The fourth-order valence-corrected chi connectivity index (χ4v) is 2.98. The third-order valence-corrected chi connectivity index (χ3v) is 4.02. The lowest BCUT2D eigenvalue weighted by Crippen LogP contribution is -2.51. The van der Waals surface area contributed by atoms with E-state index in [0.717, 1.165) is 51.9 Å². The molecule has 2 aliphatic rings. The van der Waals surface area contributed by atoms with Crippen molar-refractivity contribution >= 4 is 11.8 Å². The van der Waals surface area contributed by atoms with Crippen LogP contribution < -0.4 is 11.5 Å². The Morgan fingerprint density at radius 3 is 1.64 bits per heavy atom. The van der Waals surface area contributed by atoms with Gasteiger partial charge in [0.25, 0.3) is 11.8 Å². The molecule has 2 heterocycles. The van der Waals surface area contributed by atoms with E-state index in [4.69, 9.17) is 20.9 Å². The molecule has 8 heteroatoms. The lowest BCUT2D eigenvalue weighted by atomic mass is 10.2. The Morgan fingerprint density at radius 1 is 0.864 bits per heavy atom. The summed E-state index contributed by atoms with van der Waals surface area (Å²) in [4.78, 5) is 26.6. The van der Waals surface area contributed by atoms with E-state index in [2.05, 4.69) is 0 Å². The molecule has 2 unspecified atom stereocenters. The van der Waals surface area contributed by atoms with Crippen molar-refractivity contribution in [2.24, 2.45) is 11.5 Å². The van der Waals surface area contributed by atoms with Crippen LogP contribution in [0.25, 0.3) is 0 Å². The zero-order chi connectivity index (χ0) is 15.9. The van der Waals surface area contributed by atoms with Gasteiger partial charge in [0.15, 0.2) is 12.5 Å². The normalized spacial score (nSPS) is 27.6. The second-order valence-electron chi connectivity index (χ2n) is 5.74. The number of nitrogens with two attached hydrogens (primary N) is 2. The highest BCUT2D eigenvalue weighted by Gasteiger charge is 2.29. The molecule has 0 aliphatic carbocycles. The molecule has 0 radical (unpaired) electrons. The van der Waals surface area contributed by atoms with E-state index in [-0.39, 0.29) is 0 Å². The monoisotopic (exact) mass is 314 g/mol. The lowest BCUT2D eigenvalue weighted by molar-refractivity contribution is -0.153.